The highest BCUT2D eigenvalue weighted by atomic mass is 79.9. The van der Waals surface area contributed by atoms with Crippen LogP contribution in [0.25, 0.3) is 0 Å². The Morgan fingerprint density at radius 3 is 2.86 bits per heavy atom. The summed E-state index contributed by atoms with van der Waals surface area (Å²) in [5.41, 5.74) is 5.40. The second kappa shape index (κ2) is 3.59. The molecule has 4 heteroatoms. The first-order chi connectivity index (χ1) is 6.57. The van der Waals surface area contributed by atoms with Crippen molar-refractivity contribution in [3.05, 3.63) is 28.5 Å². The number of nitrogens with two attached hydrogens (primary N) is 1. The highest BCUT2D eigenvalue weighted by Crippen LogP contribution is 2.38. The Labute approximate surface area is 90.8 Å². The predicted octanol–water partition coefficient (Wildman–Crippen LogP) is 2.22. The van der Waals surface area contributed by atoms with Gasteiger partial charge in [-0.2, -0.15) is 0 Å². The van der Waals surface area contributed by atoms with Crippen molar-refractivity contribution in [2.75, 3.05) is 0 Å². The van der Waals surface area contributed by atoms with Crippen LogP contribution in [0.2, 0.25) is 0 Å². The SMILES string of the molecule is NC1CC(F)(Cc2cncc(Br)c2)C1. The molecule has 0 unspecified atom stereocenters. The monoisotopic (exact) mass is 258 g/mol. The first-order valence-electron chi connectivity index (χ1n) is 4.61. The molecule has 14 heavy (non-hydrogen) atoms. The first kappa shape index (κ1) is 10.1. The van der Waals surface area contributed by atoms with E-state index in [4.69, 9.17) is 5.73 Å². The molecule has 0 radical (unpaired) electrons. The minimum Gasteiger partial charge on any atom is -0.327 e. The molecule has 1 aromatic rings. The van der Waals surface area contributed by atoms with E-state index in [1.807, 2.05) is 6.07 Å². The van der Waals surface area contributed by atoms with Gasteiger partial charge in [-0.05, 0) is 40.4 Å². The fraction of sp³-hybridized carbons (Fsp3) is 0.500. The number of hydrogen-bond acceptors (Lipinski definition) is 2. The third-order valence-electron chi connectivity index (χ3n) is 2.54. The third-order valence-corrected chi connectivity index (χ3v) is 2.97. The fourth-order valence-electron chi connectivity index (χ4n) is 1.94. The zero-order valence-corrected chi connectivity index (χ0v) is 9.30. The van der Waals surface area contributed by atoms with Crippen LogP contribution >= 0.6 is 15.9 Å². The number of aromatic nitrogens is 1. The number of alkyl halides is 1. The summed E-state index contributed by atoms with van der Waals surface area (Å²) in [6.45, 7) is 0. The lowest BCUT2D eigenvalue weighted by Gasteiger charge is -2.39. The van der Waals surface area contributed by atoms with Crippen molar-refractivity contribution in [3.63, 3.8) is 0 Å². The van der Waals surface area contributed by atoms with E-state index in [1.165, 1.54) is 0 Å². The van der Waals surface area contributed by atoms with Crippen molar-refractivity contribution >= 4 is 15.9 Å². The molecular formula is C10H12BrFN2. The average Bonchev–Trinajstić information content (AvgIpc) is 2.00. The maximum atomic E-state index is 13.9. The summed E-state index contributed by atoms with van der Waals surface area (Å²) >= 11 is 3.31. The molecule has 1 aromatic heterocycles. The van der Waals surface area contributed by atoms with Crippen LogP contribution in [0.5, 0.6) is 0 Å². The summed E-state index contributed by atoms with van der Waals surface area (Å²) in [6.07, 6.45) is 4.77. The van der Waals surface area contributed by atoms with Crippen LogP contribution in [0.15, 0.2) is 22.9 Å². The Bertz CT molecular complexity index is 337. The van der Waals surface area contributed by atoms with E-state index < -0.39 is 5.67 Å². The normalized spacial score (nSPS) is 31.2. The van der Waals surface area contributed by atoms with Crippen molar-refractivity contribution in [1.82, 2.24) is 4.98 Å². The quantitative estimate of drug-likeness (QED) is 0.884. The largest absolute Gasteiger partial charge is 0.327 e. The Kier molecular flexibility index (Phi) is 2.58. The van der Waals surface area contributed by atoms with Crippen molar-refractivity contribution in [2.24, 2.45) is 5.73 Å². The van der Waals surface area contributed by atoms with Gasteiger partial charge in [-0.1, -0.05) is 0 Å². The standard InChI is InChI=1S/C10H12BrFN2/c11-8-1-7(5-14-6-8)2-10(12)3-9(13)4-10/h1,5-6,9H,2-4,13H2. The van der Waals surface area contributed by atoms with Crippen molar-refractivity contribution in [2.45, 2.75) is 31.0 Å². The summed E-state index contributed by atoms with van der Waals surface area (Å²) in [4.78, 5) is 4.00. The van der Waals surface area contributed by atoms with Gasteiger partial charge in [-0.3, -0.25) is 4.98 Å². The van der Waals surface area contributed by atoms with Crippen molar-refractivity contribution < 1.29 is 4.39 Å². The molecule has 0 bridgehead atoms. The maximum absolute atomic E-state index is 13.9. The molecule has 2 rings (SSSR count). The van der Waals surface area contributed by atoms with Gasteiger partial charge in [0, 0.05) is 29.3 Å². The predicted molar refractivity (Wildman–Crippen MR) is 56.7 cm³/mol. The zero-order chi connectivity index (χ0) is 10.2. The molecule has 0 aliphatic heterocycles. The smallest absolute Gasteiger partial charge is 0.118 e. The summed E-state index contributed by atoms with van der Waals surface area (Å²) in [5.74, 6) is 0. The van der Waals surface area contributed by atoms with E-state index in [0.29, 0.717) is 19.3 Å². The molecule has 1 fully saturated rings. The topological polar surface area (TPSA) is 38.9 Å². The van der Waals surface area contributed by atoms with Crippen LogP contribution in [0, 0.1) is 0 Å². The van der Waals surface area contributed by atoms with Crippen LogP contribution in [-0.4, -0.2) is 16.7 Å². The van der Waals surface area contributed by atoms with E-state index in [0.717, 1.165) is 10.0 Å². The van der Waals surface area contributed by atoms with Crippen molar-refractivity contribution in [3.8, 4) is 0 Å². The highest BCUT2D eigenvalue weighted by molar-refractivity contribution is 9.10. The van der Waals surface area contributed by atoms with E-state index in [2.05, 4.69) is 20.9 Å². The summed E-state index contributed by atoms with van der Waals surface area (Å²) in [7, 11) is 0. The molecule has 0 spiro atoms. The molecule has 0 saturated heterocycles. The van der Waals surface area contributed by atoms with E-state index in [9.17, 15) is 4.39 Å². The van der Waals surface area contributed by atoms with Crippen LogP contribution in [0.1, 0.15) is 18.4 Å². The van der Waals surface area contributed by atoms with Gasteiger partial charge in [0.05, 0.1) is 0 Å². The van der Waals surface area contributed by atoms with Gasteiger partial charge >= 0.3 is 0 Å². The Morgan fingerprint density at radius 1 is 1.57 bits per heavy atom. The van der Waals surface area contributed by atoms with E-state index >= 15 is 0 Å². The highest BCUT2D eigenvalue weighted by Gasteiger charge is 2.42. The number of halogens is 2. The molecule has 0 amide bonds. The molecular weight excluding hydrogens is 247 g/mol. The number of nitrogens with zero attached hydrogens (tertiary/aromatic N) is 1. The first-order valence-corrected chi connectivity index (χ1v) is 5.41. The van der Waals surface area contributed by atoms with Gasteiger partial charge < -0.3 is 5.73 Å². The van der Waals surface area contributed by atoms with E-state index in [-0.39, 0.29) is 6.04 Å². The van der Waals surface area contributed by atoms with Gasteiger partial charge in [-0.25, -0.2) is 4.39 Å². The van der Waals surface area contributed by atoms with Gasteiger partial charge in [0.25, 0.3) is 0 Å². The number of hydrogen-bond donors (Lipinski definition) is 1. The minimum absolute atomic E-state index is 0.0418. The Hall–Kier alpha value is -0.480. The molecule has 0 aromatic carbocycles. The minimum atomic E-state index is -1.10. The van der Waals surface area contributed by atoms with Gasteiger partial charge in [0.15, 0.2) is 0 Å². The molecule has 1 aliphatic rings. The molecule has 1 saturated carbocycles. The average molecular weight is 259 g/mol. The number of pyridine rings is 1. The summed E-state index contributed by atoms with van der Waals surface area (Å²) in [5, 5.41) is 0. The van der Waals surface area contributed by atoms with Crippen LogP contribution in [0.4, 0.5) is 4.39 Å². The van der Waals surface area contributed by atoms with Crippen LogP contribution in [-0.2, 0) is 6.42 Å². The zero-order valence-electron chi connectivity index (χ0n) is 7.71. The van der Waals surface area contributed by atoms with Gasteiger partial charge in [-0.15, -0.1) is 0 Å². The maximum Gasteiger partial charge on any atom is 0.118 e. The van der Waals surface area contributed by atoms with Gasteiger partial charge in [0.1, 0.15) is 5.67 Å². The molecule has 1 aliphatic carbocycles. The summed E-state index contributed by atoms with van der Waals surface area (Å²) < 4.78 is 14.7. The molecule has 76 valence electrons. The Morgan fingerprint density at radius 2 is 2.29 bits per heavy atom. The third kappa shape index (κ3) is 2.12. The Balaban J connectivity index is 2.04. The lowest BCUT2D eigenvalue weighted by Crippen LogP contribution is -2.49. The summed E-state index contributed by atoms with van der Waals surface area (Å²) in [6, 6.07) is 1.94. The molecule has 1 heterocycles. The lowest BCUT2D eigenvalue weighted by molar-refractivity contribution is 0.0443. The van der Waals surface area contributed by atoms with Crippen LogP contribution < -0.4 is 5.73 Å². The molecule has 2 nitrogen and oxygen atoms in total. The lowest BCUT2D eigenvalue weighted by atomic mass is 9.74. The second-order valence-electron chi connectivity index (χ2n) is 4.01. The second-order valence-corrected chi connectivity index (χ2v) is 4.92. The van der Waals surface area contributed by atoms with Crippen molar-refractivity contribution in [1.29, 1.82) is 0 Å². The molecule has 0 atom stereocenters. The van der Waals surface area contributed by atoms with Gasteiger partial charge in [0.2, 0.25) is 0 Å². The number of rotatable bonds is 2. The molecule has 2 N–H and O–H groups in total. The van der Waals surface area contributed by atoms with Crippen LogP contribution in [0.3, 0.4) is 0 Å². The fourth-order valence-corrected chi connectivity index (χ4v) is 2.35. The van der Waals surface area contributed by atoms with E-state index in [1.54, 1.807) is 12.4 Å².